The number of halogens is 4. The van der Waals surface area contributed by atoms with Crippen LogP contribution in [0.3, 0.4) is 0 Å². The van der Waals surface area contributed by atoms with Gasteiger partial charge < -0.3 is 5.32 Å². The minimum Gasteiger partial charge on any atom is -0.314 e. The summed E-state index contributed by atoms with van der Waals surface area (Å²) in [5, 5.41) is 10.4. The first kappa shape index (κ1) is 14.0. The zero-order valence-electron chi connectivity index (χ0n) is 9.87. The Labute approximate surface area is 115 Å². The van der Waals surface area contributed by atoms with Crippen LogP contribution in [0.1, 0.15) is 11.3 Å². The Balaban J connectivity index is 2.50. The molecule has 0 unspecified atom stereocenters. The van der Waals surface area contributed by atoms with Gasteiger partial charge in [-0.3, -0.25) is 0 Å². The molecule has 0 aliphatic heterocycles. The van der Waals surface area contributed by atoms with Crippen molar-refractivity contribution in [1.82, 2.24) is 20.3 Å². The lowest BCUT2D eigenvalue weighted by atomic mass is 10.2. The lowest BCUT2D eigenvalue weighted by molar-refractivity contribution is -0.137. The third-order valence-corrected chi connectivity index (χ3v) is 2.89. The minimum absolute atomic E-state index is 0.310. The quantitative estimate of drug-likeness (QED) is 0.938. The normalized spacial score (nSPS) is 11.8. The Hall–Kier alpha value is -1.41. The van der Waals surface area contributed by atoms with E-state index >= 15 is 0 Å². The SMILES string of the molecule is CNCc1cnnn1-c1cc(Br)cc(C(F)(F)F)c1. The molecule has 2 aromatic rings. The number of aromatic nitrogens is 3. The van der Waals surface area contributed by atoms with Gasteiger partial charge in [0, 0.05) is 11.0 Å². The van der Waals surface area contributed by atoms with Crippen LogP contribution in [0.4, 0.5) is 13.2 Å². The van der Waals surface area contributed by atoms with Gasteiger partial charge in [-0.2, -0.15) is 13.2 Å². The van der Waals surface area contributed by atoms with E-state index in [-0.39, 0.29) is 0 Å². The van der Waals surface area contributed by atoms with Crippen LogP contribution in [0.2, 0.25) is 0 Å². The molecule has 0 saturated heterocycles. The predicted octanol–water partition coefficient (Wildman–Crippen LogP) is 2.77. The molecule has 102 valence electrons. The van der Waals surface area contributed by atoms with E-state index in [1.54, 1.807) is 13.1 Å². The molecule has 0 fully saturated rings. The molecule has 1 N–H and O–H groups in total. The van der Waals surface area contributed by atoms with Gasteiger partial charge in [0.25, 0.3) is 0 Å². The highest BCUT2D eigenvalue weighted by molar-refractivity contribution is 9.10. The van der Waals surface area contributed by atoms with Gasteiger partial charge in [0.2, 0.25) is 0 Å². The van der Waals surface area contributed by atoms with Crippen molar-refractivity contribution in [3.05, 3.63) is 40.1 Å². The molecule has 0 radical (unpaired) electrons. The first-order valence-electron chi connectivity index (χ1n) is 5.34. The molecular weight excluding hydrogens is 325 g/mol. The van der Waals surface area contributed by atoms with Crippen molar-refractivity contribution in [2.45, 2.75) is 12.7 Å². The second-order valence-corrected chi connectivity index (χ2v) is 4.78. The molecule has 19 heavy (non-hydrogen) atoms. The molecule has 1 aromatic heterocycles. The zero-order chi connectivity index (χ0) is 14.0. The van der Waals surface area contributed by atoms with Gasteiger partial charge in [-0.05, 0) is 25.2 Å². The fraction of sp³-hybridized carbons (Fsp3) is 0.273. The maximum absolute atomic E-state index is 12.8. The van der Waals surface area contributed by atoms with Gasteiger partial charge in [0.05, 0.1) is 23.1 Å². The van der Waals surface area contributed by atoms with Crippen LogP contribution >= 0.6 is 15.9 Å². The highest BCUT2D eigenvalue weighted by Gasteiger charge is 2.31. The Kier molecular flexibility index (Phi) is 3.91. The molecule has 8 heteroatoms. The van der Waals surface area contributed by atoms with Gasteiger partial charge in [0.1, 0.15) is 0 Å². The molecule has 0 aliphatic carbocycles. The lowest BCUT2D eigenvalue weighted by Gasteiger charge is -2.11. The largest absolute Gasteiger partial charge is 0.416 e. The monoisotopic (exact) mass is 334 g/mol. The lowest BCUT2D eigenvalue weighted by Crippen LogP contribution is -2.12. The molecule has 0 spiro atoms. The van der Waals surface area contributed by atoms with E-state index in [4.69, 9.17) is 0 Å². The van der Waals surface area contributed by atoms with Gasteiger partial charge in [-0.25, -0.2) is 4.68 Å². The number of hydrogen-bond acceptors (Lipinski definition) is 3. The Morgan fingerprint density at radius 2 is 2.05 bits per heavy atom. The third kappa shape index (κ3) is 3.13. The van der Waals surface area contributed by atoms with Crippen molar-refractivity contribution < 1.29 is 13.2 Å². The molecule has 0 bridgehead atoms. The average molecular weight is 335 g/mol. The second-order valence-electron chi connectivity index (χ2n) is 3.86. The summed E-state index contributed by atoms with van der Waals surface area (Å²) in [7, 11) is 1.74. The summed E-state index contributed by atoms with van der Waals surface area (Å²) in [6, 6.07) is 3.62. The van der Waals surface area contributed by atoms with Crippen LogP contribution in [-0.2, 0) is 12.7 Å². The highest BCUT2D eigenvalue weighted by atomic mass is 79.9. The minimum atomic E-state index is -4.40. The van der Waals surface area contributed by atoms with Gasteiger partial charge in [-0.1, -0.05) is 21.1 Å². The number of benzene rings is 1. The van der Waals surface area contributed by atoms with Gasteiger partial charge in [0.15, 0.2) is 0 Å². The topological polar surface area (TPSA) is 42.7 Å². The molecule has 1 aromatic carbocycles. The Bertz CT molecular complexity index is 580. The number of nitrogens with one attached hydrogen (secondary N) is 1. The smallest absolute Gasteiger partial charge is 0.314 e. The zero-order valence-corrected chi connectivity index (χ0v) is 11.5. The van der Waals surface area contributed by atoms with Gasteiger partial charge in [-0.15, -0.1) is 5.10 Å². The average Bonchev–Trinajstić information content (AvgIpc) is 2.76. The molecule has 0 amide bonds. The van der Waals surface area contributed by atoms with E-state index in [2.05, 4.69) is 31.6 Å². The van der Waals surface area contributed by atoms with Crippen LogP contribution in [-0.4, -0.2) is 22.0 Å². The van der Waals surface area contributed by atoms with Crippen molar-refractivity contribution in [3.63, 3.8) is 0 Å². The van der Waals surface area contributed by atoms with Crippen LogP contribution in [0.5, 0.6) is 0 Å². The summed E-state index contributed by atoms with van der Waals surface area (Å²) < 4.78 is 40.0. The highest BCUT2D eigenvalue weighted by Crippen LogP contribution is 2.32. The second kappa shape index (κ2) is 5.30. The molecule has 4 nitrogen and oxygen atoms in total. The van der Waals surface area contributed by atoms with Crippen molar-refractivity contribution in [2.24, 2.45) is 0 Å². The summed E-state index contributed by atoms with van der Waals surface area (Å²) in [6.07, 6.45) is -2.90. The van der Waals surface area contributed by atoms with Crippen molar-refractivity contribution in [1.29, 1.82) is 0 Å². The van der Waals surface area contributed by atoms with Crippen LogP contribution in [0.15, 0.2) is 28.9 Å². The first-order valence-corrected chi connectivity index (χ1v) is 6.13. The summed E-state index contributed by atoms with van der Waals surface area (Å²) in [4.78, 5) is 0. The maximum atomic E-state index is 12.8. The van der Waals surface area contributed by atoms with E-state index in [9.17, 15) is 13.2 Å². The maximum Gasteiger partial charge on any atom is 0.416 e. The summed E-state index contributed by atoms with van der Waals surface area (Å²) >= 11 is 3.08. The number of nitrogens with zero attached hydrogens (tertiary/aromatic N) is 3. The fourth-order valence-electron chi connectivity index (χ4n) is 1.64. The van der Waals surface area contributed by atoms with Crippen molar-refractivity contribution in [2.75, 3.05) is 7.05 Å². The number of alkyl halides is 3. The fourth-order valence-corrected chi connectivity index (χ4v) is 2.12. The number of rotatable bonds is 3. The van der Waals surface area contributed by atoms with E-state index in [1.807, 2.05) is 0 Å². The van der Waals surface area contributed by atoms with E-state index in [0.29, 0.717) is 22.4 Å². The molecule has 1 heterocycles. The van der Waals surface area contributed by atoms with Gasteiger partial charge >= 0.3 is 6.18 Å². The Morgan fingerprint density at radius 1 is 1.32 bits per heavy atom. The Morgan fingerprint density at radius 3 is 2.68 bits per heavy atom. The summed E-state index contributed by atoms with van der Waals surface area (Å²) in [5.41, 5.74) is 0.251. The number of hydrogen-bond donors (Lipinski definition) is 1. The van der Waals surface area contributed by atoms with E-state index < -0.39 is 11.7 Å². The van der Waals surface area contributed by atoms with Crippen LogP contribution < -0.4 is 5.32 Å². The van der Waals surface area contributed by atoms with E-state index in [1.165, 1.54) is 10.9 Å². The summed E-state index contributed by atoms with van der Waals surface area (Å²) in [6.45, 7) is 0.459. The molecular formula is C11H10BrF3N4. The molecule has 0 saturated carbocycles. The first-order chi connectivity index (χ1) is 8.91. The van der Waals surface area contributed by atoms with Crippen LogP contribution in [0, 0.1) is 0 Å². The molecule has 2 rings (SSSR count). The van der Waals surface area contributed by atoms with E-state index in [0.717, 1.165) is 12.1 Å². The third-order valence-electron chi connectivity index (χ3n) is 2.43. The predicted molar refractivity (Wildman–Crippen MR) is 66.8 cm³/mol. The molecule has 0 atom stereocenters. The summed E-state index contributed by atoms with van der Waals surface area (Å²) in [5.74, 6) is 0. The van der Waals surface area contributed by atoms with Crippen molar-refractivity contribution >= 4 is 15.9 Å². The van der Waals surface area contributed by atoms with Crippen molar-refractivity contribution in [3.8, 4) is 5.69 Å². The van der Waals surface area contributed by atoms with Crippen LogP contribution in [0.25, 0.3) is 5.69 Å². The standard InChI is InChI=1S/C11H10BrF3N4/c1-16-5-10-6-17-18-19(10)9-3-7(11(13,14)15)2-8(12)4-9/h2-4,6,16H,5H2,1H3. The molecule has 0 aliphatic rings.